The van der Waals surface area contributed by atoms with Gasteiger partial charge < -0.3 is 4.42 Å². The van der Waals surface area contributed by atoms with Gasteiger partial charge in [0.05, 0.1) is 6.54 Å². The van der Waals surface area contributed by atoms with Crippen molar-refractivity contribution in [2.45, 2.75) is 38.9 Å². The van der Waals surface area contributed by atoms with Crippen molar-refractivity contribution in [3.63, 3.8) is 0 Å². The SMILES string of the molecule is Cc1cc(CN(Cc2ccsc2)C2CC2)oc1C(=O)NN. The molecule has 6 heteroatoms. The highest BCUT2D eigenvalue weighted by Gasteiger charge is 2.30. The minimum Gasteiger partial charge on any atom is -0.454 e. The van der Waals surface area contributed by atoms with Gasteiger partial charge in [-0.05, 0) is 48.2 Å². The molecule has 112 valence electrons. The van der Waals surface area contributed by atoms with E-state index < -0.39 is 0 Å². The minimum absolute atomic E-state index is 0.304. The van der Waals surface area contributed by atoms with E-state index in [1.165, 1.54) is 18.4 Å². The lowest BCUT2D eigenvalue weighted by molar-refractivity contribution is 0.0920. The number of hydrogen-bond acceptors (Lipinski definition) is 5. The third-order valence-corrected chi connectivity index (χ3v) is 4.43. The molecule has 1 aliphatic rings. The van der Waals surface area contributed by atoms with Crippen LogP contribution in [0, 0.1) is 6.92 Å². The van der Waals surface area contributed by atoms with Crippen molar-refractivity contribution in [1.29, 1.82) is 0 Å². The van der Waals surface area contributed by atoms with Gasteiger partial charge in [0.2, 0.25) is 0 Å². The summed E-state index contributed by atoms with van der Waals surface area (Å²) in [6, 6.07) is 4.70. The van der Waals surface area contributed by atoms with Crippen molar-refractivity contribution < 1.29 is 9.21 Å². The number of furan rings is 1. The van der Waals surface area contributed by atoms with E-state index in [1.54, 1.807) is 11.3 Å². The number of rotatable bonds is 6. The summed E-state index contributed by atoms with van der Waals surface area (Å²) in [4.78, 5) is 14.0. The molecule has 0 aliphatic heterocycles. The number of aryl methyl sites for hydroxylation is 1. The number of amides is 1. The monoisotopic (exact) mass is 305 g/mol. The molecule has 1 aliphatic carbocycles. The molecule has 2 aromatic rings. The molecule has 0 atom stereocenters. The third-order valence-electron chi connectivity index (χ3n) is 3.69. The fourth-order valence-electron chi connectivity index (χ4n) is 2.49. The Labute approximate surface area is 127 Å². The molecule has 1 fully saturated rings. The lowest BCUT2D eigenvalue weighted by Gasteiger charge is -2.20. The Morgan fingerprint density at radius 3 is 2.95 bits per heavy atom. The summed E-state index contributed by atoms with van der Waals surface area (Å²) in [5.74, 6) is 5.90. The average Bonchev–Trinajstić information content (AvgIpc) is 3.08. The Kier molecular flexibility index (Phi) is 4.10. The van der Waals surface area contributed by atoms with E-state index >= 15 is 0 Å². The molecular formula is C15H19N3O2S. The fraction of sp³-hybridized carbons (Fsp3) is 0.400. The number of nitrogens with zero attached hydrogens (tertiary/aromatic N) is 1. The first-order chi connectivity index (χ1) is 10.2. The second kappa shape index (κ2) is 6.01. The molecule has 0 unspecified atom stereocenters. The second-order valence-corrected chi connectivity index (χ2v) is 6.25. The quantitative estimate of drug-likeness (QED) is 0.488. The van der Waals surface area contributed by atoms with Gasteiger partial charge in [-0.3, -0.25) is 15.1 Å². The Morgan fingerprint density at radius 1 is 1.52 bits per heavy atom. The smallest absolute Gasteiger partial charge is 0.301 e. The number of carbonyl (C=O) groups excluding carboxylic acids is 1. The molecule has 3 N–H and O–H groups in total. The Bertz CT molecular complexity index is 617. The number of nitrogen functional groups attached to an aromatic ring is 1. The van der Waals surface area contributed by atoms with Gasteiger partial charge in [-0.1, -0.05) is 0 Å². The van der Waals surface area contributed by atoms with Crippen LogP contribution in [0.4, 0.5) is 0 Å². The van der Waals surface area contributed by atoms with Crippen LogP contribution < -0.4 is 11.3 Å². The summed E-state index contributed by atoms with van der Waals surface area (Å²) in [5, 5.41) is 4.28. The number of hydrogen-bond donors (Lipinski definition) is 2. The standard InChI is InChI=1S/C15H19N3O2S/c1-10-6-13(20-14(10)15(19)17-16)8-18(12-2-3-12)7-11-4-5-21-9-11/h4-6,9,12H,2-3,7-8,16H2,1H3,(H,17,19). The summed E-state index contributed by atoms with van der Waals surface area (Å²) in [5.41, 5.74) is 4.26. The maximum atomic E-state index is 11.6. The van der Waals surface area contributed by atoms with Crippen LogP contribution in [0.1, 0.15) is 40.3 Å². The Balaban J connectivity index is 1.72. The van der Waals surface area contributed by atoms with E-state index in [2.05, 4.69) is 27.2 Å². The van der Waals surface area contributed by atoms with Gasteiger partial charge in [0.15, 0.2) is 5.76 Å². The molecule has 0 bridgehead atoms. The van der Waals surface area contributed by atoms with Crippen LogP contribution in [-0.2, 0) is 13.1 Å². The molecular weight excluding hydrogens is 286 g/mol. The molecule has 3 rings (SSSR count). The molecule has 21 heavy (non-hydrogen) atoms. The zero-order chi connectivity index (χ0) is 14.8. The topological polar surface area (TPSA) is 71.5 Å². The van der Waals surface area contributed by atoms with Crippen LogP contribution in [0.2, 0.25) is 0 Å². The van der Waals surface area contributed by atoms with Crippen molar-refractivity contribution in [3.05, 3.63) is 45.5 Å². The highest BCUT2D eigenvalue weighted by atomic mass is 32.1. The van der Waals surface area contributed by atoms with Crippen molar-refractivity contribution >= 4 is 17.2 Å². The lowest BCUT2D eigenvalue weighted by Crippen LogP contribution is -2.30. The summed E-state index contributed by atoms with van der Waals surface area (Å²) >= 11 is 1.72. The molecule has 0 saturated heterocycles. The van der Waals surface area contributed by atoms with Crippen LogP contribution in [0.15, 0.2) is 27.3 Å². The molecule has 0 spiro atoms. The van der Waals surface area contributed by atoms with Crippen molar-refractivity contribution in [2.24, 2.45) is 5.84 Å². The van der Waals surface area contributed by atoms with E-state index in [9.17, 15) is 4.79 Å². The summed E-state index contributed by atoms with van der Waals surface area (Å²) < 4.78 is 5.66. The molecule has 5 nitrogen and oxygen atoms in total. The highest BCUT2D eigenvalue weighted by molar-refractivity contribution is 7.07. The van der Waals surface area contributed by atoms with Gasteiger partial charge in [-0.15, -0.1) is 0 Å². The van der Waals surface area contributed by atoms with Crippen LogP contribution in [0.5, 0.6) is 0 Å². The molecule has 1 amide bonds. The largest absolute Gasteiger partial charge is 0.454 e. The van der Waals surface area contributed by atoms with Crippen LogP contribution in [-0.4, -0.2) is 16.8 Å². The number of nitrogens with two attached hydrogens (primary N) is 1. The fourth-order valence-corrected chi connectivity index (χ4v) is 3.15. The molecule has 0 radical (unpaired) electrons. The first kappa shape index (κ1) is 14.3. The second-order valence-electron chi connectivity index (χ2n) is 5.47. The van der Waals surface area contributed by atoms with Crippen molar-refractivity contribution in [3.8, 4) is 0 Å². The third kappa shape index (κ3) is 3.34. The summed E-state index contributed by atoms with van der Waals surface area (Å²) in [6.45, 7) is 3.50. The van der Waals surface area contributed by atoms with E-state index in [-0.39, 0.29) is 5.91 Å². The molecule has 2 aromatic heterocycles. The Morgan fingerprint density at radius 2 is 2.33 bits per heavy atom. The van der Waals surface area contributed by atoms with E-state index in [0.29, 0.717) is 11.8 Å². The van der Waals surface area contributed by atoms with Gasteiger partial charge in [0.1, 0.15) is 5.76 Å². The number of carbonyl (C=O) groups is 1. The van der Waals surface area contributed by atoms with Crippen molar-refractivity contribution in [2.75, 3.05) is 0 Å². The van der Waals surface area contributed by atoms with Gasteiger partial charge in [0.25, 0.3) is 0 Å². The van der Waals surface area contributed by atoms with Crippen LogP contribution in [0.3, 0.4) is 0 Å². The van der Waals surface area contributed by atoms with E-state index in [0.717, 1.165) is 24.4 Å². The first-order valence-electron chi connectivity index (χ1n) is 7.02. The van der Waals surface area contributed by atoms with Gasteiger partial charge >= 0.3 is 5.91 Å². The van der Waals surface area contributed by atoms with Crippen LogP contribution >= 0.6 is 11.3 Å². The normalized spacial score (nSPS) is 14.6. The molecule has 2 heterocycles. The number of thiophene rings is 1. The minimum atomic E-state index is -0.380. The van der Waals surface area contributed by atoms with E-state index in [1.807, 2.05) is 13.0 Å². The molecule has 1 saturated carbocycles. The summed E-state index contributed by atoms with van der Waals surface area (Å²) in [7, 11) is 0. The molecule has 0 aromatic carbocycles. The van der Waals surface area contributed by atoms with Crippen molar-refractivity contribution in [1.82, 2.24) is 10.3 Å². The van der Waals surface area contributed by atoms with Gasteiger partial charge in [-0.25, -0.2) is 5.84 Å². The van der Waals surface area contributed by atoms with Gasteiger partial charge in [0, 0.05) is 18.2 Å². The number of nitrogens with one attached hydrogen (secondary N) is 1. The predicted molar refractivity (Wildman–Crippen MR) is 81.7 cm³/mol. The number of hydrazine groups is 1. The zero-order valence-electron chi connectivity index (χ0n) is 12.0. The predicted octanol–water partition coefficient (Wildman–Crippen LogP) is 2.42. The van der Waals surface area contributed by atoms with Gasteiger partial charge in [-0.2, -0.15) is 11.3 Å². The summed E-state index contributed by atoms with van der Waals surface area (Å²) in [6.07, 6.45) is 2.47. The first-order valence-corrected chi connectivity index (χ1v) is 7.97. The maximum absolute atomic E-state index is 11.6. The van der Waals surface area contributed by atoms with E-state index in [4.69, 9.17) is 10.3 Å². The average molecular weight is 305 g/mol. The Hall–Kier alpha value is -1.63. The maximum Gasteiger partial charge on any atom is 0.301 e. The zero-order valence-corrected chi connectivity index (χ0v) is 12.8. The highest BCUT2D eigenvalue weighted by Crippen LogP contribution is 2.31. The lowest BCUT2D eigenvalue weighted by atomic mass is 10.2. The van der Waals surface area contributed by atoms with Crippen LogP contribution in [0.25, 0.3) is 0 Å².